The van der Waals surface area contributed by atoms with Crippen LogP contribution in [0.5, 0.6) is 5.75 Å². The number of ether oxygens (including phenoxy) is 1. The number of nitrogens with two attached hydrogens (primary N) is 2. The third-order valence-electron chi connectivity index (χ3n) is 3.09. The van der Waals surface area contributed by atoms with Crippen molar-refractivity contribution < 1.29 is 14.3 Å². The lowest BCUT2D eigenvalue weighted by atomic mass is 9.83. The van der Waals surface area contributed by atoms with Crippen molar-refractivity contribution in [2.45, 2.75) is 25.8 Å². The van der Waals surface area contributed by atoms with Gasteiger partial charge in [0.05, 0.1) is 0 Å². The molecule has 0 aliphatic heterocycles. The van der Waals surface area contributed by atoms with Gasteiger partial charge in [-0.25, -0.2) is 4.79 Å². The zero-order chi connectivity index (χ0) is 13.8. The molecule has 1 amide bonds. The predicted molar refractivity (Wildman–Crippen MR) is 67.6 cm³/mol. The maximum atomic E-state index is 12.0. The average molecular weight is 250 g/mol. The van der Waals surface area contributed by atoms with Crippen molar-refractivity contribution in [3.05, 3.63) is 30.3 Å². The number of esters is 1. The predicted octanol–water partition coefficient (Wildman–Crippen LogP) is 0.821. The molecule has 0 aliphatic rings. The van der Waals surface area contributed by atoms with E-state index in [1.165, 1.54) is 0 Å². The van der Waals surface area contributed by atoms with Crippen LogP contribution in [0.4, 0.5) is 0 Å². The van der Waals surface area contributed by atoms with E-state index in [1.54, 1.807) is 37.3 Å². The molecule has 2 atom stereocenters. The highest BCUT2D eigenvalue weighted by Crippen LogP contribution is 2.21. The monoisotopic (exact) mass is 250 g/mol. The smallest absolute Gasteiger partial charge is 0.341 e. The topological polar surface area (TPSA) is 95.4 Å². The summed E-state index contributed by atoms with van der Waals surface area (Å²) in [4.78, 5) is 23.5. The number of benzene rings is 1. The van der Waals surface area contributed by atoms with Gasteiger partial charge in [0.25, 0.3) is 0 Å². The maximum absolute atomic E-state index is 12.0. The summed E-state index contributed by atoms with van der Waals surface area (Å²) < 4.78 is 5.10. The number of primary amides is 1. The quantitative estimate of drug-likeness (QED) is 0.459. The molecule has 0 unspecified atom stereocenters. The van der Waals surface area contributed by atoms with Crippen molar-refractivity contribution in [1.82, 2.24) is 0 Å². The molecule has 0 heterocycles. The Kier molecular flexibility index (Phi) is 4.44. The molecule has 4 N–H and O–H groups in total. The summed E-state index contributed by atoms with van der Waals surface area (Å²) in [5, 5.41) is 0. The van der Waals surface area contributed by atoms with Gasteiger partial charge in [0.2, 0.25) is 5.91 Å². The standard InChI is InChI=1S/C13H18N2O3/c1-3-9(2)13(15,11(14)16)12(17)18-10-7-5-4-6-8-10/h4-9H,3,15H2,1-2H3,(H2,14,16)/t9-,13-/m0/s1. The van der Waals surface area contributed by atoms with Crippen LogP contribution in [0.1, 0.15) is 20.3 Å². The van der Waals surface area contributed by atoms with E-state index in [0.29, 0.717) is 12.2 Å². The van der Waals surface area contributed by atoms with Crippen LogP contribution in [0.2, 0.25) is 0 Å². The van der Waals surface area contributed by atoms with Crippen molar-refractivity contribution >= 4 is 11.9 Å². The van der Waals surface area contributed by atoms with Gasteiger partial charge in [-0.2, -0.15) is 0 Å². The summed E-state index contributed by atoms with van der Waals surface area (Å²) in [7, 11) is 0. The fourth-order valence-corrected chi connectivity index (χ4v) is 1.55. The molecule has 1 aromatic carbocycles. The molecule has 0 radical (unpaired) electrons. The minimum Gasteiger partial charge on any atom is -0.425 e. The molecule has 0 fully saturated rings. The van der Waals surface area contributed by atoms with Gasteiger partial charge in [0.1, 0.15) is 5.75 Å². The number of hydrogen-bond acceptors (Lipinski definition) is 4. The Morgan fingerprint density at radius 3 is 2.33 bits per heavy atom. The molecular formula is C13H18N2O3. The lowest BCUT2D eigenvalue weighted by molar-refractivity contribution is -0.148. The molecule has 5 nitrogen and oxygen atoms in total. The fourth-order valence-electron chi connectivity index (χ4n) is 1.55. The van der Waals surface area contributed by atoms with Crippen LogP contribution in [0.15, 0.2) is 30.3 Å². The Labute approximate surface area is 106 Å². The van der Waals surface area contributed by atoms with Crippen LogP contribution >= 0.6 is 0 Å². The number of carbonyl (C=O) groups excluding carboxylic acids is 2. The highest BCUT2D eigenvalue weighted by Gasteiger charge is 2.46. The summed E-state index contributed by atoms with van der Waals surface area (Å²) in [5.41, 5.74) is 9.27. The zero-order valence-corrected chi connectivity index (χ0v) is 10.6. The molecule has 18 heavy (non-hydrogen) atoms. The Morgan fingerprint density at radius 2 is 1.89 bits per heavy atom. The summed E-state index contributed by atoms with van der Waals surface area (Å²) in [6.07, 6.45) is 0.545. The Hall–Kier alpha value is -1.88. The normalized spacial score (nSPS) is 15.5. The minimum absolute atomic E-state index is 0.335. The van der Waals surface area contributed by atoms with Crippen LogP contribution in [0.25, 0.3) is 0 Å². The van der Waals surface area contributed by atoms with Gasteiger partial charge in [-0.15, -0.1) is 0 Å². The SMILES string of the molecule is CC[C@H](C)[C@](N)(C(N)=O)C(=O)Oc1ccccc1. The highest BCUT2D eigenvalue weighted by atomic mass is 16.5. The van der Waals surface area contributed by atoms with Crippen molar-refractivity contribution in [3.63, 3.8) is 0 Å². The molecule has 0 saturated carbocycles. The summed E-state index contributed by atoms with van der Waals surface area (Å²) in [6.45, 7) is 3.52. The summed E-state index contributed by atoms with van der Waals surface area (Å²) in [6, 6.07) is 8.43. The first kappa shape index (κ1) is 14.2. The summed E-state index contributed by atoms with van der Waals surface area (Å²) in [5.74, 6) is -1.76. The van der Waals surface area contributed by atoms with Crippen LogP contribution < -0.4 is 16.2 Å². The van der Waals surface area contributed by atoms with Gasteiger partial charge in [0, 0.05) is 0 Å². The Morgan fingerprint density at radius 1 is 1.33 bits per heavy atom. The Bertz CT molecular complexity index is 433. The van der Waals surface area contributed by atoms with Crippen LogP contribution in [0.3, 0.4) is 0 Å². The molecule has 0 spiro atoms. The number of hydrogen-bond donors (Lipinski definition) is 2. The maximum Gasteiger partial charge on any atom is 0.341 e. The molecular weight excluding hydrogens is 232 g/mol. The van der Waals surface area contributed by atoms with Crippen LogP contribution in [-0.2, 0) is 9.59 Å². The van der Waals surface area contributed by atoms with E-state index in [-0.39, 0.29) is 0 Å². The molecule has 0 aliphatic carbocycles. The summed E-state index contributed by atoms with van der Waals surface area (Å²) >= 11 is 0. The van der Waals surface area contributed by atoms with Crippen molar-refractivity contribution in [2.24, 2.45) is 17.4 Å². The van der Waals surface area contributed by atoms with Gasteiger partial charge < -0.3 is 16.2 Å². The van der Waals surface area contributed by atoms with Crippen molar-refractivity contribution in [3.8, 4) is 5.75 Å². The van der Waals surface area contributed by atoms with E-state index in [2.05, 4.69) is 0 Å². The number of para-hydroxylation sites is 1. The molecule has 0 saturated heterocycles. The first-order valence-electron chi connectivity index (χ1n) is 5.79. The largest absolute Gasteiger partial charge is 0.425 e. The third kappa shape index (κ3) is 2.68. The molecule has 1 aromatic rings. The second-order valence-electron chi connectivity index (χ2n) is 4.25. The van der Waals surface area contributed by atoms with Crippen molar-refractivity contribution in [2.75, 3.05) is 0 Å². The Balaban J connectivity index is 2.95. The van der Waals surface area contributed by atoms with E-state index in [9.17, 15) is 9.59 Å². The molecule has 0 bridgehead atoms. The zero-order valence-electron chi connectivity index (χ0n) is 10.6. The molecule has 98 valence electrons. The molecule has 1 rings (SSSR count). The fraction of sp³-hybridized carbons (Fsp3) is 0.385. The second kappa shape index (κ2) is 5.64. The first-order chi connectivity index (χ1) is 8.42. The van der Waals surface area contributed by atoms with E-state index < -0.39 is 23.3 Å². The lowest BCUT2D eigenvalue weighted by Gasteiger charge is -2.29. The van der Waals surface area contributed by atoms with Gasteiger partial charge in [0.15, 0.2) is 5.54 Å². The second-order valence-corrected chi connectivity index (χ2v) is 4.25. The van der Waals surface area contributed by atoms with Gasteiger partial charge in [-0.3, -0.25) is 4.79 Å². The first-order valence-corrected chi connectivity index (χ1v) is 5.79. The van der Waals surface area contributed by atoms with Gasteiger partial charge >= 0.3 is 5.97 Å². The van der Waals surface area contributed by atoms with Crippen LogP contribution in [0, 0.1) is 5.92 Å². The number of carbonyl (C=O) groups is 2. The molecule has 0 aromatic heterocycles. The van der Waals surface area contributed by atoms with Gasteiger partial charge in [-0.1, -0.05) is 38.5 Å². The van der Waals surface area contributed by atoms with E-state index in [1.807, 2.05) is 6.92 Å². The van der Waals surface area contributed by atoms with Crippen LogP contribution in [-0.4, -0.2) is 17.4 Å². The number of amides is 1. The van der Waals surface area contributed by atoms with E-state index in [4.69, 9.17) is 16.2 Å². The minimum atomic E-state index is -1.80. The van der Waals surface area contributed by atoms with Gasteiger partial charge in [-0.05, 0) is 18.1 Å². The number of rotatable bonds is 5. The average Bonchev–Trinajstić information content (AvgIpc) is 2.37. The van der Waals surface area contributed by atoms with E-state index >= 15 is 0 Å². The lowest BCUT2D eigenvalue weighted by Crippen LogP contribution is -2.63. The van der Waals surface area contributed by atoms with E-state index in [0.717, 1.165) is 0 Å². The van der Waals surface area contributed by atoms with Crippen molar-refractivity contribution in [1.29, 1.82) is 0 Å². The highest BCUT2D eigenvalue weighted by molar-refractivity contribution is 6.07. The molecule has 5 heteroatoms. The third-order valence-corrected chi connectivity index (χ3v) is 3.09.